The van der Waals surface area contributed by atoms with Gasteiger partial charge in [-0.3, -0.25) is 4.79 Å². The van der Waals surface area contributed by atoms with Crippen molar-refractivity contribution in [3.8, 4) is 5.75 Å². The van der Waals surface area contributed by atoms with Crippen molar-refractivity contribution in [1.29, 1.82) is 0 Å². The molecule has 0 aliphatic rings. The first-order chi connectivity index (χ1) is 10.0. The molecule has 7 heteroatoms. The van der Waals surface area contributed by atoms with Crippen LogP contribution in [-0.4, -0.2) is 48.6 Å². The zero-order valence-electron chi connectivity index (χ0n) is 11.5. The van der Waals surface area contributed by atoms with Crippen LogP contribution in [0.3, 0.4) is 0 Å². The lowest BCUT2D eigenvalue weighted by Crippen LogP contribution is -2.37. The summed E-state index contributed by atoms with van der Waals surface area (Å²) in [7, 11) is 0. The van der Waals surface area contributed by atoms with Gasteiger partial charge < -0.3 is 14.7 Å². The number of ether oxygens (including phenoxy) is 1. The molecule has 21 heavy (non-hydrogen) atoms. The average Bonchev–Trinajstić information content (AvgIpc) is 2.44. The fourth-order valence-corrected chi connectivity index (χ4v) is 1.71. The third-order valence-electron chi connectivity index (χ3n) is 2.70. The summed E-state index contributed by atoms with van der Waals surface area (Å²) in [5.41, 5.74) is 0. The molecule has 0 fully saturated rings. The predicted octanol–water partition coefficient (Wildman–Crippen LogP) is 2.07. The van der Waals surface area contributed by atoms with Gasteiger partial charge >= 0.3 is 0 Å². The van der Waals surface area contributed by atoms with Crippen LogP contribution >= 0.6 is 0 Å². The number of benzene rings is 1. The number of nitrogens with zero attached hydrogens (tertiary/aromatic N) is 1. The summed E-state index contributed by atoms with van der Waals surface area (Å²) in [4.78, 5) is 12.6. The number of alkyl halides is 2. The molecule has 118 valence electrons. The van der Waals surface area contributed by atoms with Crippen LogP contribution in [0.2, 0.25) is 0 Å². The number of hydrogen-bond donors (Lipinski definition) is 1. The van der Waals surface area contributed by atoms with Crippen molar-refractivity contribution >= 4 is 5.91 Å². The van der Waals surface area contributed by atoms with Crippen molar-refractivity contribution in [1.82, 2.24) is 4.90 Å². The first-order valence-electron chi connectivity index (χ1n) is 6.58. The van der Waals surface area contributed by atoms with Crippen molar-refractivity contribution < 1.29 is 27.8 Å². The molecule has 0 saturated heterocycles. The third-order valence-corrected chi connectivity index (χ3v) is 2.70. The number of aliphatic hydroxyl groups excluding tert-OH is 1. The summed E-state index contributed by atoms with van der Waals surface area (Å²) >= 11 is 0. The molecule has 0 atom stereocenters. The molecule has 0 bridgehead atoms. The maximum Gasteiger partial charge on any atom is 0.255 e. The number of halogens is 3. The first kappa shape index (κ1) is 17.3. The normalized spacial score (nSPS) is 10.7. The molecule has 4 nitrogen and oxygen atoms in total. The molecule has 0 radical (unpaired) electrons. The summed E-state index contributed by atoms with van der Waals surface area (Å²) in [6.45, 7) is -0.927. The summed E-state index contributed by atoms with van der Waals surface area (Å²) in [5.74, 6) is -0.347. The molecule has 0 spiro atoms. The lowest BCUT2D eigenvalue weighted by Gasteiger charge is -2.21. The Morgan fingerprint density at radius 1 is 1.29 bits per heavy atom. The molecule has 1 amide bonds. The van der Waals surface area contributed by atoms with Gasteiger partial charge in [0.05, 0.1) is 19.8 Å². The molecular weight excluding hydrogens is 287 g/mol. The zero-order chi connectivity index (χ0) is 15.7. The Bertz CT molecular complexity index is 426. The molecular formula is C14H18F3NO3. The number of carbonyl (C=O) groups excluding carboxylic acids is 1. The highest BCUT2D eigenvalue weighted by molar-refractivity contribution is 5.76. The molecule has 0 aliphatic carbocycles. The molecule has 0 aromatic heterocycles. The van der Waals surface area contributed by atoms with Crippen molar-refractivity contribution in [2.45, 2.75) is 19.3 Å². The average molecular weight is 305 g/mol. The Balaban J connectivity index is 2.29. The topological polar surface area (TPSA) is 49.8 Å². The number of amides is 1. The second-order valence-corrected chi connectivity index (χ2v) is 4.36. The standard InChI is InChI=1S/C14H18F3NO3/c15-11-3-5-12(6-4-11)21-9-1-2-14(20)18(7-8-19)10-13(16)17/h3-6,13,19H,1-2,7-10H2. The molecule has 1 aromatic rings. The fourth-order valence-electron chi connectivity index (χ4n) is 1.71. The van der Waals surface area contributed by atoms with Gasteiger partial charge in [-0.05, 0) is 30.7 Å². The van der Waals surface area contributed by atoms with Crippen LogP contribution in [0.1, 0.15) is 12.8 Å². The first-order valence-corrected chi connectivity index (χ1v) is 6.58. The van der Waals surface area contributed by atoms with E-state index in [0.717, 1.165) is 4.90 Å². The molecule has 0 aliphatic heterocycles. The molecule has 0 unspecified atom stereocenters. The summed E-state index contributed by atoms with van der Waals surface area (Å²) in [6, 6.07) is 5.44. The molecule has 1 N–H and O–H groups in total. The largest absolute Gasteiger partial charge is 0.494 e. The van der Waals surface area contributed by atoms with E-state index in [0.29, 0.717) is 12.2 Å². The van der Waals surface area contributed by atoms with E-state index in [1.54, 1.807) is 0 Å². The van der Waals surface area contributed by atoms with Gasteiger partial charge in [-0.15, -0.1) is 0 Å². The summed E-state index contributed by atoms with van der Waals surface area (Å²) < 4.78 is 42.5. The van der Waals surface area contributed by atoms with Gasteiger partial charge in [0.1, 0.15) is 11.6 Å². The minimum absolute atomic E-state index is 0.0495. The van der Waals surface area contributed by atoms with Crippen LogP contribution < -0.4 is 4.74 Å². The van der Waals surface area contributed by atoms with Gasteiger partial charge in [0.2, 0.25) is 5.91 Å². The van der Waals surface area contributed by atoms with Crippen molar-refractivity contribution in [2.24, 2.45) is 0 Å². The fraction of sp³-hybridized carbons (Fsp3) is 0.500. The maximum absolute atomic E-state index is 12.7. The van der Waals surface area contributed by atoms with E-state index in [4.69, 9.17) is 9.84 Å². The number of carbonyl (C=O) groups is 1. The summed E-state index contributed by atoms with van der Waals surface area (Å²) in [5, 5.41) is 8.75. The predicted molar refractivity (Wildman–Crippen MR) is 70.8 cm³/mol. The van der Waals surface area contributed by atoms with Gasteiger partial charge in [-0.25, -0.2) is 13.2 Å². The highest BCUT2D eigenvalue weighted by Crippen LogP contribution is 2.12. The number of aliphatic hydroxyl groups is 1. The van der Waals surface area contributed by atoms with E-state index in [1.807, 2.05) is 0 Å². The van der Waals surface area contributed by atoms with E-state index in [1.165, 1.54) is 24.3 Å². The Labute approximate surface area is 121 Å². The van der Waals surface area contributed by atoms with Gasteiger partial charge in [0, 0.05) is 13.0 Å². The highest BCUT2D eigenvalue weighted by atomic mass is 19.3. The Kier molecular flexibility index (Phi) is 7.60. The second-order valence-electron chi connectivity index (χ2n) is 4.36. The lowest BCUT2D eigenvalue weighted by molar-refractivity contribution is -0.133. The van der Waals surface area contributed by atoms with Crippen LogP contribution in [-0.2, 0) is 4.79 Å². The van der Waals surface area contributed by atoms with Gasteiger partial charge in [-0.2, -0.15) is 0 Å². The number of hydrogen-bond acceptors (Lipinski definition) is 3. The van der Waals surface area contributed by atoms with Crippen molar-refractivity contribution in [2.75, 3.05) is 26.3 Å². The van der Waals surface area contributed by atoms with Gasteiger partial charge in [0.25, 0.3) is 6.43 Å². The molecule has 0 saturated carbocycles. The third kappa shape index (κ3) is 6.99. The Morgan fingerprint density at radius 3 is 2.52 bits per heavy atom. The number of rotatable bonds is 9. The Morgan fingerprint density at radius 2 is 1.95 bits per heavy atom. The Hall–Kier alpha value is -1.76. The quantitative estimate of drug-likeness (QED) is 0.711. The minimum atomic E-state index is -2.63. The van der Waals surface area contributed by atoms with E-state index < -0.39 is 18.9 Å². The molecule has 1 aromatic carbocycles. The van der Waals surface area contributed by atoms with Crippen LogP contribution in [0, 0.1) is 5.82 Å². The lowest BCUT2D eigenvalue weighted by atomic mass is 10.2. The second kappa shape index (κ2) is 9.23. The van der Waals surface area contributed by atoms with Crippen LogP contribution in [0.25, 0.3) is 0 Å². The van der Waals surface area contributed by atoms with E-state index >= 15 is 0 Å². The zero-order valence-corrected chi connectivity index (χ0v) is 11.5. The van der Waals surface area contributed by atoms with Crippen LogP contribution in [0.5, 0.6) is 5.75 Å². The van der Waals surface area contributed by atoms with Crippen LogP contribution in [0.4, 0.5) is 13.2 Å². The smallest absolute Gasteiger partial charge is 0.255 e. The van der Waals surface area contributed by atoms with Gasteiger partial charge in [0.15, 0.2) is 0 Å². The van der Waals surface area contributed by atoms with E-state index in [2.05, 4.69) is 0 Å². The SMILES string of the molecule is O=C(CCCOc1ccc(F)cc1)N(CCO)CC(F)F. The van der Waals surface area contributed by atoms with Crippen molar-refractivity contribution in [3.05, 3.63) is 30.1 Å². The molecule has 0 heterocycles. The van der Waals surface area contributed by atoms with E-state index in [9.17, 15) is 18.0 Å². The summed E-state index contributed by atoms with van der Waals surface area (Å²) in [6.07, 6.45) is -2.23. The molecule has 1 rings (SSSR count). The van der Waals surface area contributed by atoms with Crippen molar-refractivity contribution in [3.63, 3.8) is 0 Å². The highest BCUT2D eigenvalue weighted by Gasteiger charge is 2.17. The van der Waals surface area contributed by atoms with Crippen LogP contribution in [0.15, 0.2) is 24.3 Å². The maximum atomic E-state index is 12.7. The van der Waals surface area contributed by atoms with Gasteiger partial charge in [-0.1, -0.05) is 0 Å². The minimum Gasteiger partial charge on any atom is -0.494 e. The monoisotopic (exact) mass is 305 g/mol. The van der Waals surface area contributed by atoms with E-state index in [-0.39, 0.29) is 32.0 Å².